The Morgan fingerprint density at radius 1 is 1.20 bits per heavy atom. The van der Waals surface area contributed by atoms with E-state index in [9.17, 15) is 4.79 Å². The Morgan fingerprint density at radius 2 is 1.84 bits per heavy atom. The fourth-order valence-electron chi connectivity index (χ4n) is 3.84. The maximum absolute atomic E-state index is 13.1. The summed E-state index contributed by atoms with van der Waals surface area (Å²) in [4.78, 5) is 15.2. The molecule has 0 aliphatic heterocycles. The molecule has 1 amide bonds. The molecule has 6 heteroatoms. The van der Waals surface area contributed by atoms with Gasteiger partial charge in [0.1, 0.15) is 6.54 Å². The van der Waals surface area contributed by atoms with E-state index in [1.54, 1.807) is 0 Å². The molecule has 0 unspecified atom stereocenters. The van der Waals surface area contributed by atoms with Gasteiger partial charge in [-0.15, -0.1) is 0 Å². The third kappa shape index (κ3) is 3.40. The molecule has 1 aromatic heterocycles. The van der Waals surface area contributed by atoms with Gasteiger partial charge in [-0.05, 0) is 44.8 Å². The minimum atomic E-state index is 0.181. The van der Waals surface area contributed by atoms with Crippen molar-refractivity contribution in [1.29, 1.82) is 0 Å². The van der Waals surface area contributed by atoms with Gasteiger partial charge in [0.2, 0.25) is 5.91 Å². The second-order valence-corrected chi connectivity index (χ2v) is 7.66. The highest BCUT2D eigenvalue weighted by molar-refractivity contribution is 7.71. The SMILES string of the molecule is Cc1ccc(-c2n[nH]c(=S)n2CC(=O)N(C2CCCC2)C2CC2)cc1. The third-order valence-corrected chi connectivity index (χ3v) is 5.62. The molecule has 4 rings (SSSR count). The Hall–Kier alpha value is -1.95. The van der Waals surface area contributed by atoms with Crippen LogP contribution < -0.4 is 0 Å². The summed E-state index contributed by atoms with van der Waals surface area (Å²) in [6.07, 6.45) is 7.04. The van der Waals surface area contributed by atoms with Crippen LogP contribution in [0.25, 0.3) is 11.4 Å². The molecule has 0 atom stereocenters. The monoisotopic (exact) mass is 356 g/mol. The molecular formula is C19H24N4OS. The lowest BCUT2D eigenvalue weighted by atomic mass is 10.1. The van der Waals surface area contributed by atoms with Crippen LogP contribution in [0.15, 0.2) is 24.3 Å². The van der Waals surface area contributed by atoms with Crippen molar-refractivity contribution < 1.29 is 4.79 Å². The molecule has 132 valence electrons. The molecule has 2 aliphatic rings. The summed E-state index contributed by atoms with van der Waals surface area (Å²) < 4.78 is 2.35. The zero-order valence-corrected chi connectivity index (χ0v) is 15.4. The summed E-state index contributed by atoms with van der Waals surface area (Å²) in [6.45, 7) is 2.32. The first-order chi connectivity index (χ1) is 12.1. The number of aromatic amines is 1. The minimum Gasteiger partial charge on any atom is -0.335 e. The largest absolute Gasteiger partial charge is 0.335 e. The van der Waals surface area contributed by atoms with Crippen LogP contribution in [0.2, 0.25) is 0 Å². The second kappa shape index (κ2) is 6.75. The Bertz CT molecular complexity index is 813. The van der Waals surface area contributed by atoms with Gasteiger partial charge in [0.05, 0.1) is 0 Å². The predicted molar refractivity (Wildman–Crippen MR) is 99.7 cm³/mol. The van der Waals surface area contributed by atoms with Crippen molar-refractivity contribution in [2.75, 3.05) is 0 Å². The third-order valence-electron chi connectivity index (χ3n) is 5.31. The number of amides is 1. The number of benzene rings is 1. The summed E-state index contributed by atoms with van der Waals surface area (Å²) in [7, 11) is 0. The molecule has 1 heterocycles. The maximum atomic E-state index is 13.1. The lowest BCUT2D eigenvalue weighted by Crippen LogP contribution is -2.42. The Kier molecular flexibility index (Phi) is 4.46. The van der Waals surface area contributed by atoms with Crippen LogP contribution in [-0.4, -0.2) is 37.7 Å². The fourth-order valence-corrected chi connectivity index (χ4v) is 4.04. The Balaban J connectivity index is 1.59. The van der Waals surface area contributed by atoms with Crippen molar-refractivity contribution in [2.24, 2.45) is 0 Å². The van der Waals surface area contributed by atoms with Gasteiger partial charge in [0.25, 0.3) is 0 Å². The number of nitrogens with one attached hydrogen (secondary N) is 1. The van der Waals surface area contributed by atoms with Crippen LogP contribution in [-0.2, 0) is 11.3 Å². The Labute approximate surface area is 153 Å². The number of H-pyrrole nitrogens is 1. The molecule has 0 radical (unpaired) electrons. The average Bonchev–Trinajstić information content (AvgIpc) is 3.15. The van der Waals surface area contributed by atoms with E-state index in [2.05, 4.69) is 22.0 Å². The van der Waals surface area contributed by atoms with Gasteiger partial charge < -0.3 is 4.90 Å². The zero-order chi connectivity index (χ0) is 17.4. The second-order valence-electron chi connectivity index (χ2n) is 7.27. The predicted octanol–water partition coefficient (Wildman–Crippen LogP) is 3.85. The summed E-state index contributed by atoms with van der Waals surface area (Å²) >= 11 is 5.39. The molecule has 5 nitrogen and oxygen atoms in total. The number of hydrogen-bond donors (Lipinski definition) is 1. The molecule has 2 aliphatic carbocycles. The van der Waals surface area contributed by atoms with Gasteiger partial charge in [-0.25, -0.2) is 0 Å². The number of carbonyl (C=O) groups excluding carboxylic acids is 1. The molecule has 1 N–H and O–H groups in total. The number of carbonyl (C=O) groups is 1. The molecule has 25 heavy (non-hydrogen) atoms. The molecular weight excluding hydrogens is 332 g/mol. The first kappa shape index (κ1) is 16.5. The van der Waals surface area contributed by atoms with Gasteiger partial charge >= 0.3 is 0 Å². The molecule has 2 fully saturated rings. The van der Waals surface area contributed by atoms with Crippen molar-refractivity contribution in [3.05, 3.63) is 34.6 Å². The van der Waals surface area contributed by atoms with Crippen molar-refractivity contribution >= 4 is 18.1 Å². The number of nitrogens with zero attached hydrogens (tertiary/aromatic N) is 3. The zero-order valence-electron chi connectivity index (χ0n) is 14.6. The fraction of sp³-hybridized carbons (Fsp3) is 0.526. The molecule has 2 aromatic rings. The Morgan fingerprint density at radius 3 is 2.48 bits per heavy atom. The van der Waals surface area contributed by atoms with E-state index in [0.717, 1.165) is 37.1 Å². The maximum Gasteiger partial charge on any atom is 0.243 e. The summed E-state index contributed by atoms with van der Waals surface area (Å²) in [6, 6.07) is 9.01. The molecule has 0 spiro atoms. The van der Waals surface area contributed by atoms with Crippen LogP contribution in [0.3, 0.4) is 0 Å². The normalized spacial score (nSPS) is 17.8. The van der Waals surface area contributed by atoms with Crippen LogP contribution in [0.1, 0.15) is 44.1 Å². The van der Waals surface area contributed by atoms with Gasteiger partial charge in [-0.2, -0.15) is 5.10 Å². The summed E-state index contributed by atoms with van der Waals surface area (Å²) in [5.74, 6) is 0.917. The van der Waals surface area contributed by atoms with E-state index in [1.165, 1.54) is 18.4 Å². The van der Waals surface area contributed by atoms with Crippen LogP contribution in [0.5, 0.6) is 0 Å². The van der Waals surface area contributed by atoms with Crippen molar-refractivity contribution in [3.63, 3.8) is 0 Å². The number of aryl methyl sites for hydroxylation is 1. The highest BCUT2D eigenvalue weighted by Crippen LogP contribution is 2.34. The topological polar surface area (TPSA) is 53.9 Å². The number of rotatable bonds is 5. The van der Waals surface area contributed by atoms with E-state index in [4.69, 9.17) is 12.2 Å². The van der Waals surface area contributed by atoms with E-state index < -0.39 is 0 Å². The quantitative estimate of drug-likeness (QED) is 0.828. The molecule has 0 bridgehead atoms. The van der Waals surface area contributed by atoms with Crippen molar-refractivity contribution in [1.82, 2.24) is 19.7 Å². The van der Waals surface area contributed by atoms with E-state index in [1.807, 2.05) is 28.8 Å². The van der Waals surface area contributed by atoms with Gasteiger partial charge in [0, 0.05) is 17.6 Å². The first-order valence-electron chi connectivity index (χ1n) is 9.17. The summed E-state index contributed by atoms with van der Waals surface area (Å²) in [5, 5.41) is 7.22. The molecule has 0 saturated heterocycles. The molecule has 2 saturated carbocycles. The van der Waals surface area contributed by atoms with E-state index in [-0.39, 0.29) is 12.5 Å². The first-order valence-corrected chi connectivity index (χ1v) is 9.58. The highest BCUT2D eigenvalue weighted by atomic mass is 32.1. The van der Waals surface area contributed by atoms with E-state index in [0.29, 0.717) is 16.9 Å². The lowest BCUT2D eigenvalue weighted by Gasteiger charge is -2.29. The van der Waals surface area contributed by atoms with Crippen LogP contribution in [0, 0.1) is 11.7 Å². The standard InChI is InChI=1S/C19H24N4OS/c1-13-6-8-14(9-7-13)18-20-21-19(25)22(18)12-17(24)23(16-10-11-16)15-4-2-3-5-15/h6-9,15-16H,2-5,10-12H2,1H3,(H,21,25). The van der Waals surface area contributed by atoms with Gasteiger partial charge in [-0.3, -0.25) is 14.5 Å². The average molecular weight is 356 g/mol. The van der Waals surface area contributed by atoms with Crippen LogP contribution in [0.4, 0.5) is 0 Å². The minimum absolute atomic E-state index is 0.181. The number of hydrogen-bond acceptors (Lipinski definition) is 3. The highest BCUT2D eigenvalue weighted by Gasteiger charge is 2.38. The van der Waals surface area contributed by atoms with E-state index >= 15 is 0 Å². The van der Waals surface area contributed by atoms with Gasteiger partial charge in [0.15, 0.2) is 10.6 Å². The van der Waals surface area contributed by atoms with Crippen molar-refractivity contribution in [3.8, 4) is 11.4 Å². The lowest BCUT2D eigenvalue weighted by molar-refractivity contribution is -0.134. The molecule has 1 aromatic carbocycles. The van der Waals surface area contributed by atoms with Gasteiger partial charge in [-0.1, -0.05) is 42.7 Å². The van der Waals surface area contributed by atoms with Crippen molar-refractivity contribution in [2.45, 2.75) is 64.1 Å². The summed E-state index contributed by atoms with van der Waals surface area (Å²) in [5.41, 5.74) is 2.17. The van der Waals surface area contributed by atoms with Crippen LogP contribution >= 0.6 is 12.2 Å². The smallest absolute Gasteiger partial charge is 0.243 e. The number of aromatic nitrogens is 3.